The number of anilines is 1. The Balaban J connectivity index is 2.85. The van der Waals surface area contributed by atoms with Gasteiger partial charge in [-0.2, -0.15) is 13.2 Å². The van der Waals surface area contributed by atoms with Crippen molar-refractivity contribution in [3.63, 3.8) is 0 Å². The SMILES string of the molecule is C[C@H](Oc1cc(F)ccc1N)C(F)(F)F. The van der Waals surface area contributed by atoms with E-state index in [0.29, 0.717) is 0 Å². The fourth-order valence-corrected chi connectivity index (χ4v) is 0.868. The third-order valence-electron chi connectivity index (χ3n) is 1.74. The first-order valence-electron chi connectivity index (χ1n) is 4.09. The topological polar surface area (TPSA) is 35.2 Å². The van der Waals surface area contributed by atoms with Gasteiger partial charge in [0.15, 0.2) is 6.10 Å². The normalized spacial score (nSPS) is 13.7. The highest BCUT2D eigenvalue weighted by molar-refractivity contribution is 5.52. The summed E-state index contributed by atoms with van der Waals surface area (Å²) in [6, 6.07) is 3.01. The Labute approximate surface area is 83.6 Å². The number of ether oxygens (including phenoxy) is 1. The molecule has 2 nitrogen and oxygen atoms in total. The lowest BCUT2D eigenvalue weighted by molar-refractivity contribution is -0.189. The third kappa shape index (κ3) is 3.00. The number of rotatable bonds is 2. The average Bonchev–Trinajstić information content (AvgIpc) is 2.09. The standard InChI is InChI=1S/C9H9F4NO/c1-5(9(11,12)13)15-8-4-6(10)2-3-7(8)14/h2-5H,14H2,1H3/t5-/m0/s1. The maximum absolute atomic E-state index is 12.7. The van der Waals surface area contributed by atoms with Crippen molar-refractivity contribution >= 4 is 5.69 Å². The lowest BCUT2D eigenvalue weighted by atomic mass is 10.3. The first-order chi connectivity index (χ1) is 6.80. The van der Waals surface area contributed by atoms with Gasteiger partial charge in [0.1, 0.15) is 11.6 Å². The minimum atomic E-state index is -4.50. The molecule has 0 bridgehead atoms. The van der Waals surface area contributed by atoms with Crippen molar-refractivity contribution in [2.75, 3.05) is 5.73 Å². The van der Waals surface area contributed by atoms with Gasteiger partial charge in [-0.3, -0.25) is 0 Å². The van der Waals surface area contributed by atoms with Gasteiger partial charge in [0.05, 0.1) is 5.69 Å². The van der Waals surface area contributed by atoms with E-state index in [4.69, 9.17) is 5.73 Å². The average molecular weight is 223 g/mol. The molecule has 6 heteroatoms. The number of hydrogen-bond acceptors (Lipinski definition) is 2. The molecule has 0 heterocycles. The van der Waals surface area contributed by atoms with Crippen LogP contribution in [-0.4, -0.2) is 12.3 Å². The van der Waals surface area contributed by atoms with Crippen molar-refractivity contribution in [3.8, 4) is 5.75 Å². The fourth-order valence-electron chi connectivity index (χ4n) is 0.868. The van der Waals surface area contributed by atoms with Crippen LogP contribution in [-0.2, 0) is 0 Å². The molecule has 0 aliphatic carbocycles. The van der Waals surface area contributed by atoms with Crippen LogP contribution in [0.25, 0.3) is 0 Å². The van der Waals surface area contributed by atoms with Gasteiger partial charge in [0, 0.05) is 6.07 Å². The molecule has 84 valence electrons. The maximum Gasteiger partial charge on any atom is 0.425 e. The van der Waals surface area contributed by atoms with E-state index >= 15 is 0 Å². The molecule has 0 radical (unpaired) electrons. The Bertz CT molecular complexity index is 350. The zero-order chi connectivity index (χ0) is 11.6. The van der Waals surface area contributed by atoms with Crippen LogP contribution in [0.1, 0.15) is 6.92 Å². The van der Waals surface area contributed by atoms with Gasteiger partial charge in [0.2, 0.25) is 0 Å². The zero-order valence-corrected chi connectivity index (χ0v) is 7.81. The smallest absolute Gasteiger partial charge is 0.425 e. The summed E-state index contributed by atoms with van der Waals surface area (Å²) in [6.45, 7) is 0.824. The summed E-state index contributed by atoms with van der Waals surface area (Å²) in [5.41, 5.74) is 5.29. The third-order valence-corrected chi connectivity index (χ3v) is 1.74. The number of alkyl halides is 3. The monoisotopic (exact) mass is 223 g/mol. The fraction of sp³-hybridized carbons (Fsp3) is 0.333. The lowest BCUT2D eigenvalue weighted by Gasteiger charge is -2.18. The Hall–Kier alpha value is -1.46. The molecule has 0 amide bonds. The van der Waals surface area contributed by atoms with Gasteiger partial charge in [0.25, 0.3) is 0 Å². The number of benzene rings is 1. The molecular weight excluding hydrogens is 214 g/mol. The van der Waals surface area contributed by atoms with Gasteiger partial charge in [-0.25, -0.2) is 4.39 Å². The molecule has 0 unspecified atom stereocenters. The Morgan fingerprint density at radius 2 is 1.93 bits per heavy atom. The Morgan fingerprint density at radius 1 is 1.33 bits per heavy atom. The highest BCUT2D eigenvalue weighted by atomic mass is 19.4. The molecule has 1 rings (SSSR count). The minimum absolute atomic E-state index is 0.0347. The Kier molecular flexibility index (Phi) is 3.06. The van der Waals surface area contributed by atoms with E-state index in [1.807, 2.05) is 0 Å². The predicted octanol–water partition coefficient (Wildman–Crippen LogP) is 2.74. The highest BCUT2D eigenvalue weighted by Gasteiger charge is 2.38. The molecule has 0 fully saturated rings. The van der Waals surface area contributed by atoms with Gasteiger partial charge < -0.3 is 10.5 Å². The van der Waals surface area contributed by atoms with E-state index in [-0.39, 0.29) is 11.4 Å². The number of nitrogens with two attached hydrogens (primary N) is 1. The van der Waals surface area contributed by atoms with Gasteiger partial charge in [-0.1, -0.05) is 0 Å². The first-order valence-corrected chi connectivity index (χ1v) is 4.09. The molecule has 2 N–H and O–H groups in total. The number of hydrogen-bond donors (Lipinski definition) is 1. The van der Waals surface area contributed by atoms with E-state index in [0.717, 1.165) is 25.1 Å². The van der Waals surface area contributed by atoms with Crippen molar-refractivity contribution in [2.24, 2.45) is 0 Å². The van der Waals surface area contributed by atoms with Crippen molar-refractivity contribution in [2.45, 2.75) is 19.2 Å². The molecule has 15 heavy (non-hydrogen) atoms. The van der Waals surface area contributed by atoms with Crippen molar-refractivity contribution in [1.82, 2.24) is 0 Å². The molecule has 0 spiro atoms. The van der Waals surface area contributed by atoms with Crippen LogP contribution in [0.5, 0.6) is 5.75 Å². The zero-order valence-electron chi connectivity index (χ0n) is 7.81. The summed E-state index contributed by atoms with van der Waals surface area (Å²) >= 11 is 0. The molecule has 0 saturated heterocycles. The van der Waals surface area contributed by atoms with E-state index < -0.39 is 18.1 Å². The lowest BCUT2D eigenvalue weighted by Crippen LogP contribution is -2.31. The van der Waals surface area contributed by atoms with Crippen LogP contribution >= 0.6 is 0 Å². The van der Waals surface area contributed by atoms with Gasteiger partial charge >= 0.3 is 6.18 Å². The van der Waals surface area contributed by atoms with Crippen LogP contribution in [0.3, 0.4) is 0 Å². The second kappa shape index (κ2) is 3.96. The summed E-state index contributed by atoms with van der Waals surface area (Å²) in [6.07, 6.45) is -6.53. The van der Waals surface area contributed by atoms with Crippen molar-refractivity contribution in [1.29, 1.82) is 0 Å². The maximum atomic E-state index is 12.7. The minimum Gasteiger partial charge on any atom is -0.479 e. The van der Waals surface area contributed by atoms with Gasteiger partial charge in [-0.15, -0.1) is 0 Å². The molecule has 1 atom stereocenters. The summed E-state index contributed by atoms with van der Waals surface area (Å²) < 4.78 is 53.5. The number of nitrogen functional groups attached to an aromatic ring is 1. The first kappa shape index (κ1) is 11.6. The van der Waals surface area contributed by atoms with Crippen LogP contribution in [0, 0.1) is 5.82 Å². The molecule has 0 saturated carbocycles. The second-order valence-corrected chi connectivity index (χ2v) is 2.98. The van der Waals surface area contributed by atoms with Crippen LogP contribution < -0.4 is 10.5 Å². The van der Waals surface area contributed by atoms with Crippen LogP contribution in [0.4, 0.5) is 23.2 Å². The molecule has 0 aliphatic heterocycles. The van der Waals surface area contributed by atoms with E-state index in [2.05, 4.69) is 4.74 Å². The number of halogens is 4. The summed E-state index contributed by atoms with van der Waals surface area (Å²) in [4.78, 5) is 0. The van der Waals surface area contributed by atoms with E-state index in [9.17, 15) is 17.6 Å². The second-order valence-electron chi connectivity index (χ2n) is 2.98. The molecule has 1 aromatic rings. The van der Waals surface area contributed by atoms with Gasteiger partial charge in [-0.05, 0) is 19.1 Å². The Morgan fingerprint density at radius 3 is 2.47 bits per heavy atom. The summed E-state index contributed by atoms with van der Waals surface area (Å²) in [5, 5.41) is 0. The largest absolute Gasteiger partial charge is 0.479 e. The molecule has 0 aliphatic rings. The molecule has 0 aromatic heterocycles. The quantitative estimate of drug-likeness (QED) is 0.618. The van der Waals surface area contributed by atoms with Crippen LogP contribution in [0.2, 0.25) is 0 Å². The van der Waals surface area contributed by atoms with E-state index in [1.165, 1.54) is 0 Å². The van der Waals surface area contributed by atoms with E-state index in [1.54, 1.807) is 0 Å². The molecule has 1 aromatic carbocycles. The van der Waals surface area contributed by atoms with Crippen LogP contribution in [0.15, 0.2) is 18.2 Å². The highest BCUT2D eigenvalue weighted by Crippen LogP contribution is 2.28. The predicted molar refractivity (Wildman–Crippen MR) is 47.0 cm³/mol. The van der Waals surface area contributed by atoms with Crippen molar-refractivity contribution in [3.05, 3.63) is 24.0 Å². The van der Waals surface area contributed by atoms with Crippen molar-refractivity contribution < 1.29 is 22.3 Å². The molecular formula is C9H9F4NO. The summed E-state index contributed by atoms with van der Waals surface area (Å²) in [7, 11) is 0. The summed E-state index contributed by atoms with van der Waals surface area (Å²) in [5.74, 6) is -1.01.